The SMILES string of the molecule is CCOC(=O)C(O)C(=O)c1ccccc1[N+](=O)[O-]. The summed E-state index contributed by atoms with van der Waals surface area (Å²) in [6.07, 6.45) is -2.05. The van der Waals surface area contributed by atoms with Crippen LogP contribution in [0.1, 0.15) is 17.3 Å². The normalized spacial score (nSPS) is 11.7. The first-order valence-electron chi connectivity index (χ1n) is 5.11. The number of para-hydroxylation sites is 1. The van der Waals surface area contributed by atoms with Gasteiger partial charge in [-0.05, 0) is 13.0 Å². The zero-order valence-corrected chi connectivity index (χ0v) is 9.53. The van der Waals surface area contributed by atoms with Crippen molar-refractivity contribution < 1.29 is 24.4 Å². The number of nitro benzene ring substituents is 1. The molecule has 1 N–H and O–H groups in total. The minimum atomic E-state index is -2.05. The standard InChI is InChI=1S/C11H11NO6/c1-2-18-11(15)10(14)9(13)7-5-3-4-6-8(7)12(16)17/h3-6,10,14H,2H2,1H3. The van der Waals surface area contributed by atoms with Crippen molar-refractivity contribution in [3.05, 3.63) is 39.9 Å². The zero-order valence-electron chi connectivity index (χ0n) is 9.53. The van der Waals surface area contributed by atoms with Gasteiger partial charge in [0.1, 0.15) is 0 Å². The van der Waals surface area contributed by atoms with Crippen LogP contribution in [0.3, 0.4) is 0 Å². The minimum absolute atomic E-state index is 0.0000558. The Hall–Kier alpha value is -2.28. The molecule has 1 unspecified atom stereocenters. The van der Waals surface area contributed by atoms with Crippen molar-refractivity contribution in [2.45, 2.75) is 13.0 Å². The van der Waals surface area contributed by atoms with E-state index in [-0.39, 0.29) is 12.2 Å². The summed E-state index contributed by atoms with van der Waals surface area (Å²) in [5, 5.41) is 20.1. The predicted octanol–water partition coefficient (Wildman–Crippen LogP) is 0.702. The highest BCUT2D eigenvalue weighted by Crippen LogP contribution is 2.19. The van der Waals surface area contributed by atoms with E-state index >= 15 is 0 Å². The highest BCUT2D eigenvalue weighted by Gasteiger charge is 2.30. The van der Waals surface area contributed by atoms with E-state index in [0.717, 1.165) is 6.07 Å². The maximum atomic E-state index is 11.7. The third-order valence-corrected chi connectivity index (χ3v) is 2.12. The van der Waals surface area contributed by atoms with Gasteiger partial charge in [-0.2, -0.15) is 0 Å². The van der Waals surface area contributed by atoms with Crippen molar-refractivity contribution >= 4 is 17.4 Å². The highest BCUT2D eigenvalue weighted by molar-refractivity contribution is 6.12. The molecule has 0 saturated heterocycles. The number of aliphatic hydroxyl groups is 1. The van der Waals surface area contributed by atoms with E-state index in [1.54, 1.807) is 0 Å². The summed E-state index contributed by atoms with van der Waals surface area (Å²) >= 11 is 0. The fourth-order valence-electron chi connectivity index (χ4n) is 1.32. The topological polar surface area (TPSA) is 107 Å². The summed E-state index contributed by atoms with van der Waals surface area (Å²) in [5.41, 5.74) is -0.797. The van der Waals surface area contributed by atoms with E-state index in [2.05, 4.69) is 4.74 Å². The Labute approximate surface area is 102 Å². The summed E-state index contributed by atoms with van der Waals surface area (Å²) < 4.78 is 4.47. The number of ketones is 1. The maximum absolute atomic E-state index is 11.7. The van der Waals surface area contributed by atoms with Crippen molar-refractivity contribution in [1.29, 1.82) is 0 Å². The lowest BCUT2D eigenvalue weighted by molar-refractivity contribution is -0.385. The highest BCUT2D eigenvalue weighted by atomic mass is 16.6. The van der Waals surface area contributed by atoms with Crippen LogP contribution in [0.2, 0.25) is 0 Å². The molecular weight excluding hydrogens is 242 g/mol. The third-order valence-electron chi connectivity index (χ3n) is 2.12. The first-order chi connectivity index (χ1) is 8.49. The molecule has 0 aliphatic carbocycles. The van der Waals surface area contributed by atoms with E-state index in [4.69, 9.17) is 0 Å². The van der Waals surface area contributed by atoms with Gasteiger partial charge in [0.15, 0.2) is 0 Å². The van der Waals surface area contributed by atoms with Gasteiger partial charge in [-0.25, -0.2) is 4.79 Å². The molecular formula is C11H11NO6. The van der Waals surface area contributed by atoms with Crippen LogP contribution in [-0.4, -0.2) is 34.5 Å². The summed E-state index contributed by atoms with van der Waals surface area (Å²) in [5.74, 6) is -2.18. The summed E-state index contributed by atoms with van der Waals surface area (Å²) in [6.45, 7) is 1.51. The molecule has 0 aliphatic heterocycles. The van der Waals surface area contributed by atoms with Crippen molar-refractivity contribution in [3.8, 4) is 0 Å². The third kappa shape index (κ3) is 2.89. The van der Waals surface area contributed by atoms with Crippen LogP contribution >= 0.6 is 0 Å². The average molecular weight is 253 g/mol. The molecule has 0 amide bonds. The number of hydrogen-bond donors (Lipinski definition) is 1. The Kier molecular flexibility index (Phi) is 4.50. The first kappa shape index (κ1) is 13.8. The molecule has 96 valence electrons. The number of Topliss-reactive ketones (excluding diaryl/α,β-unsaturated/α-hetero) is 1. The first-order valence-corrected chi connectivity index (χ1v) is 5.11. The fraction of sp³-hybridized carbons (Fsp3) is 0.273. The molecule has 7 nitrogen and oxygen atoms in total. The number of hydrogen-bond acceptors (Lipinski definition) is 6. The van der Waals surface area contributed by atoms with Crippen molar-refractivity contribution in [3.63, 3.8) is 0 Å². The summed E-state index contributed by atoms with van der Waals surface area (Å²) in [4.78, 5) is 32.8. The predicted molar refractivity (Wildman–Crippen MR) is 60.1 cm³/mol. The molecule has 0 heterocycles. The second-order valence-electron chi connectivity index (χ2n) is 3.29. The lowest BCUT2D eigenvalue weighted by Gasteiger charge is -2.08. The van der Waals surface area contributed by atoms with Crippen LogP contribution in [0.15, 0.2) is 24.3 Å². The van der Waals surface area contributed by atoms with Gasteiger partial charge in [-0.3, -0.25) is 14.9 Å². The molecule has 0 fully saturated rings. The maximum Gasteiger partial charge on any atom is 0.343 e. The number of nitro groups is 1. The van der Waals surface area contributed by atoms with Crippen molar-refractivity contribution in [2.75, 3.05) is 6.61 Å². The van der Waals surface area contributed by atoms with Gasteiger partial charge in [-0.1, -0.05) is 12.1 Å². The van der Waals surface area contributed by atoms with E-state index in [1.165, 1.54) is 25.1 Å². The molecule has 18 heavy (non-hydrogen) atoms. The molecule has 0 aliphatic rings. The van der Waals surface area contributed by atoms with Crippen LogP contribution < -0.4 is 0 Å². The molecule has 0 spiro atoms. The van der Waals surface area contributed by atoms with Crippen LogP contribution in [0.4, 0.5) is 5.69 Å². The molecule has 0 aromatic heterocycles. The van der Waals surface area contributed by atoms with Gasteiger partial charge in [0.05, 0.1) is 17.1 Å². The van der Waals surface area contributed by atoms with Gasteiger partial charge in [-0.15, -0.1) is 0 Å². The minimum Gasteiger partial charge on any atom is -0.464 e. The molecule has 7 heteroatoms. The second kappa shape index (κ2) is 5.87. The molecule has 1 rings (SSSR count). The van der Waals surface area contributed by atoms with Crippen molar-refractivity contribution in [1.82, 2.24) is 0 Å². The van der Waals surface area contributed by atoms with Gasteiger partial charge < -0.3 is 9.84 Å². The van der Waals surface area contributed by atoms with Crippen LogP contribution in [0.5, 0.6) is 0 Å². The van der Waals surface area contributed by atoms with E-state index in [0.29, 0.717) is 0 Å². The average Bonchev–Trinajstić information content (AvgIpc) is 2.37. The Bertz CT molecular complexity index is 484. The van der Waals surface area contributed by atoms with Crippen molar-refractivity contribution in [2.24, 2.45) is 0 Å². The van der Waals surface area contributed by atoms with Crippen LogP contribution in [0, 0.1) is 10.1 Å². The molecule has 0 radical (unpaired) electrons. The van der Waals surface area contributed by atoms with Gasteiger partial charge in [0, 0.05) is 6.07 Å². The monoisotopic (exact) mass is 253 g/mol. The van der Waals surface area contributed by atoms with E-state index in [1.807, 2.05) is 0 Å². The number of nitrogens with zero attached hydrogens (tertiary/aromatic N) is 1. The lowest BCUT2D eigenvalue weighted by Crippen LogP contribution is -2.32. The number of ether oxygens (including phenoxy) is 1. The Morgan fingerprint density at radius 2 is 2.06 bits per heavy atom. The molecule has 1 aromatic carbocycles. The quantitative estimate of drug-likeness (QED) is 0.272. The molecule has 0 saturated carbocycles. The van der Waals surface area contributed by atoms with E-state index < -0.39 is 28.5 Å². The molecule has 1 atom stereocenters. The van der Waals surface area contributed by atoms with Crippen LogP contribution in [-0.2, 0) is 9.53 Å². The summed E-state index contributed by atoms with van der Waals surface area (Å²) in [7, 11) is 0. The zero-order chi connectivity index (χ0) is 13.7. The molecule has 0 bridgehead atoms. The number of benzene rings is 1. The summed E-state index contributed by atoms with van der Waals surface area (Å²) in [6, 6.07) is 5.07. The number of esters is 1. The van der Waals surface area contributed by atoms with Crippen LogP contribution in [0.25, 0.3) is 0 Å². The number of aliphatic hydroxyl groups excluding tert-OH is 1. The Morgan fingerprint density at radius 3 is 2.61 bits per heavy atom. The van der Waals surface area contributed by atoms with Gasteiger partial charge in [0.2, 0.25) is 11.9 Å². The van der Waals surface area contributed by atoms with Gasteiger partial charge in [0.25, 0.3) is 5.69 Å². The lowest BCUT2D eigenvalue weighted by atomic mass is 10.0. The number of rotatable bonds is 5. The Balaban J connectivity index is 3.04. The smallest absolute Gasteiger partial charge is 0.343 e. The van der Waals surface area contributed by atoms with E-state index in [9.17, 15) is 24.8 Å². The second-order valence-corrected chi connectivity index (χ2v) is 3.29. The Morgan fingerprint density at radius 1 is 1.44 bits per heavy atom. The fourth-order valence-corrected chi connectivity index (χ4v) is 1.32. The number of carbonyl (C=O) groups excluding carboxylic acids is 2. The molecule has 1 aromatic rings. The van der Waals surface area contributed by atoms with Gasteiger partial charge >= 0.3 is 5.97 Å². The number of carbonyl (C=O) groups is 2. The largest absolute Gasteiger partial charge is 0.464 e.